The number of ether oxygens (including phenoxy) is 1. The fraction of sp³-hybridized carbons (Fsp3) is 0.433. The highest BCUT2D eigenvalue weighted by molar-refractivity contribution is 6.01. The van der Waals surface area contributed by atoms with Crippen LogP contribution in [-0.4, -0.2) is 77.7 Å². The summed E-state index contributed by atoms with van der Waals surface area (Å²) < 4.78 is 5.85. The van der Waals surface area contributed by atoms with E-state index in [4.69, 9.17) is 10.5 Å². The van der Waals surface area contributed by atoms with Crippen molar-refractivity contribution in [2.75, 3.05) is 13.2 Å². The molecule has 44 heavy (non-hydrogen) atoms. The predicted molar refractivity (Wildman–Crippen MR) is 159 cm³/mol. The minimum atomic E-state index is -1.44. The van der Waals surface area contributed by atoms with E-state index < -0.39 is 72.5 Å². The normalized spacial score (nSPS) is 21.8. The number of fused-ring (bicyclic) bond motifs is 1. The number of para-hydroxylation sites is 1. The van der Waals surface area contributed by atoms with Crippen molar-refractivity contribution in [3.05, 3.63) is 59.9 Å². The molecule has 0 bridgehead atoms. The molecule has 1 aromatic heterocycles. The SMILES string of the molecule is CC(C)[C@H]1NC(=O)[C@H](CC(N)=O)NC(=O)C[C@@H](C(=O)NCCc2ccccn2)NC(=O)c2ccccc2OC[C@H](C)NC1=O. The van der Waals surface area contributed by atoms with Gasteiger partial charge >= 0.3 is 0 Å². The second-order valence-corrected chi connectivity index (χ2v) is 10.8. The zero-order chi connectivity index (χ0) is 32.2. The Labute approximate surface area is 255 Å². The maximum Gasteiger partial charge on any atom is 0.255 e. The molecule has 2 heterocycles. The number of amides is 6. The number of carbonyl (C=O) groups excluding carboxylic acids is 6. The number of primary amides is 1. The van der Waals surface area contributed by atoms with Crippen LogP contribution in [0.4, 0.5) is 0 Å². The molecule has 236 valence electrons. The van der Waals surface area contributed by atoms with Crippen LogP contribution < -0.4 is 37.1 Å². The molecule has 14 nitrogen and oxygen atoms in total. The van der Waals surface area contributed by atoms with Crippen molar-refractivity contribution in [2.45, 2.75) is 64.2 Å². The summed E-state index contributed by atoms with van der Waals surface area (Å²) in [5.41, 5.74) is 6.18. The van der Waals surface area contributed by atoms with Gasteiger partial charge in [-0.15, -0.1) is 0 Å². The molecule has 2 aromatic rings. The molecule has 6 amide bonds. The Morgan fingerprint density at radius 1 is 1.00 bits per heavy atom. The van der Waals surface area contributed by atoms with Crippen molar-refractivity contribution in [1.29, 1.82) is 0 Å². The summed E-state index contributed by atoms with van der Waals surface area (Å²) in [6.45, 7) is 5.29. The van der Waals surface area contributed by atoms with Crippen molar-refractivity contribution < 1.29 is 33.5 Å². The Hall–Kier alpha value is -5.01. The molecule has 14 heteroatoms. The number of benzene rings is 1. The van der Waals surface area contributed by atoms with Crippen molar-refractivity contribution in [1.82, 2.24) is 31.6 Å². The smallest absolute Gasteiger partial charge is 0.255 e. The lowest BCUT2D eigenvalue weighted by molar-refractivity contribution is -0.135. The molecule has 0 fully saturated rings. The van der Waals surface area contributed by atoms with Crippen LogP contribution in [0.15, 0.2) is 48.7 Å². The van der Waals surface area contributed by atoms with Gasteiger partial charge in [-0.1, -0.05) is 32.0 Å². The van der Waals surface area contributed by atoms with Crippen LogP contribution in [0.1, 0.15) is 49.7 Å². The maximum atomic E-state index is 13.4. The number of carbonyl (C=O) groups is 6. The molecule has 1 aromatic carbocycles. The lowest BCUT2D eigenvalue weighted by atomic mass is 10.0. The molecule has 1 aliphatic rings. The van der Waals surface area contributed by atoms with E-state index in [0.717, 1.165) is 5.69 Å². The maximum absolute atomic E-state index is 13.4. The van der Waals surface area contributed by atoms with Gasteiger partial charge in [-0.05, 0) is 37.1 Å². The third-order valence-electron chi connectivity index (χ3n) is 6.73. The first-order valence-electron chi connectivity index (χ1n) is 14.3. The van der Waals surface area contributed by atoms with E-state index in [0.29, 0.717) is 6.42 Å². The van der Waals surface area contributed by atoms with Crippen LogP contribution in [0, 0.1) is 5.92 Å². The van der Waals surface area contributed by atoms with Crippen LogP contribution in [0.3, 0.4) is 0 Å². The number of rotatable bonds is 7. The molecule has 0 spiro atoms. The Bertz CT molecular complexity index is 1350. The summed E-state index contributed by atoms with van der Waals surface area (Å²) >= 11 is 0. The topological polar surface area (TPSA) is 211 Å². The Morgan fingerprint density at radius 2 is 1.73 bits per heavy atom. The van der Waals surface area contributed by atoms with Gasteiger partial charge in [0, 0.05) is 24.9 Å². The minimum absolute atomic E-state index is 0.0173. The number of aromatic nitrogens is 1. The van der Waals surface area contributed by atoms with Gasteiger partial charge in [-0.3, -0.25) is 33.8 Å². The van der Waals surface area contributed by atoms with E-state index in [1.165, 1.54) is 6.07 Å². The molecule has 0 saturated heterocycles. The van der Waals surface area contributed by atoms with Crippen molar-refractivity contribution >= 4 is 35.4 Å². The number of hydrogen-bond acceptors (Lipinski definition) is 8. The Kier molecular flexibility index (Phi) is 12.2. The van der Waals surface area contributed by atoms with Gasteiger partial charge in [0.15, 0.2) is 0 Å². The number of hydrogen-bond donors (Lipinski definition) is 6. The highest BCUT2D eigenvalue weighted by atomic mass is 16.5. The summed E-state index contributed by atoms with van der Waals surface area (Å²) in [4.78, 5) is 82.0. The largest absolute Gasteiger partial charge is 0.491 e. The zero-order valence-corrected chi connectivity index (χ0v) is 24.9. The lowest BCUT2D eigenvalue weighted by Gasteiger charge is -2.26. The quantitative estimate of drug-likeness (QED) is 0.236. The highest BCUT2D eigenvalue weighted by Gasteiger charge is 2.32. The van der Waals surface area contributed by atoms with Crippen LogP contribution in [0.25, 0.3) is 0 Å². The molecule has 0 unspecified atom stereocenters. The zero-order valence-electron chi connectivity index (χ0n) is 24.9. The fourth-order valence-corrected chi connectivity index (χ4v) is 4.44. The average molecular weight is 610 g/mol. The van der Waals surface area contributed by atoms with Gasteiger partial charge < -0.3 is 37.1 Å². The van der Waals surface area contributed by atoms with Gasteiger partial charge in [0.05, 0.1) is 24.4 Å². The molecule has 0 saturated carbocycles. The number of pyridine rings is 1. The van der Waals surface area contributed by atoms with Gasteiger partial charge in [0.1, 0.15) is 30.5 Å². The molecule has 0 aliphatic carbocycles. The van der Waals surface area contributed by atoms with E-state index in [2.05, 4.69) is 31.6 Å². The average Bonchev–Trinajstić information content (AvgIpc) is 2.97. The fourth-order valence-electron chi connectivity index (χ4n) is 4.44. The first-order chi connectivity index (χ1) is 20.9. The molecule has 3 rings (SSSR count). The van der Waals surface area contributed by atoms with Gasteiger partial charge in [0.25, 0.3) is 5.91 Å². The molecule has 7 N–H and O–H groups in total. The molecule has 1 aliphatic heterocycles. The summed E-state index contributed by atoms with van der Waals surface area (Å²) in [6.07, 6.45) is 0.894. The standard InChI is InChI=1S/C30H39N7O7/c1-17(2)26-30(43)34-18(3)16-44-23-10-5-4-9-20(23)27(40)36-22(28(41)33-13-11-19-8-6-7-12-32-19)15-25(39)35-21(14-24(31)38)29(42)37-26/h4-10,12,17-18,21-22,26H,11,13-16H2,1-3H3,(H2,31,38)(H,33,41)(H,34,43)(H,35,39)(H,36,40)(H,37,42)/t18-,21-,22-,26+/m0/s1. The van der Waals surface area contributed by atoms with Crippen LogP contribution >= 0.6 is 0 Å². The molecule has 4 atom stereocenters. The van der Waals surface area contributed by atoms with Gasteiger partial charge in [0.2, 0.25) is 29.5 Å². The first kappa shape index (κ1) is 33.5. The van der Waals surface area contributed by atoms with Crippen molar-refractivity contribution in [3.8, 4) is 5.75 Å². The predicted octanol–water partition coefficient (Wildman–Crippen LogP) is -0.673. The van der Waals surface area contributed by atoms with E-state index in [1.54, 1.807) is 57.3 Å². The van der Waals surface area contributed by atoms with E-state index in [1.807, 2.05) is 6.07 Å². The van der Waals surface area contributed by atoms with Crippen molar-refractivity contribution in [3.63, 3.8) is 0 Å². The second kappa shape index (κ2) is 16.0. The molecule has 0 radical (unpaired) electrons. The molecular weight excluding hydrogens is 570 g/mol. The minimum Gasteiger partial charge on any atom is -0.491 e. The third kappa shape index (κ3) is 10.1. The highest BCUT2D eigenvalue weighted by Crippen LogP contribution is 2.19. The number of nitrogens with two attached hydrogens (primary N) is 1. The first-order valence-corrected chi connectivity index (χ1v) is 14.3. The summed E-state index contributed by atoms with van der Waals surface area (Å²) in [5, 5.41) is 13.1. The molecular formula is C30H39N7O7. The Morgan fingerprint density at radius 3 is 2.41 bits per heavy atom. The van der Waals surface area contributed by atoms with Crippen molar-refractivity contribution in [2.24, 2.45) is 11.7 Å². The van der Waals surface area contributed by atoms with Crippen LogP contribution in [0.2, 0.25) is 0 Å². The van der Waals surface area contributed by atoms with E-state index in [9.17, 15) is 28.8 Å². The third-order valence-corrected chi connectivity index (χ3v) is 6.73. The van der Waals surface area contributed by atoms with Crippen LogP contribution in [-0.2, 0) is 30.4 Å². The number of nitrogens with zero attached hydrogens (tertiary/aromatic N) is 1. The monoisotopic (exact) mass is 609 g/mol. The summed E-state index contributed by atoms with van der Waals surface area (Å²) in [5.74, 6) is -4.51. The number of nitrogens with one attached hydrogen (secondary N) is 5. The van der Waals surface area contributed by atoms with Gasteiger partial charge in [-0.25, -0.2) is 0 Å². The van der Waals surface area contributed by atoms with Crippen LogP contribution in [0.5, 0.6) is 5.75 Å². The van der Waals surface area contributed by atoms with E-state index >= 15 is 0 Å². The van der Waals surface area contributed by atoms with Gasteiger partial charge in [-0.2, -0.15) is 0 Å². The van der Waals surface area contributed by atoms with E-state index in [-0.39, 0.29) is 30.4 Å². The second-order valence-electron chi connectivity index (χ2n) is 10.8. The summed E-state index contributed by atoms with van der Waals surface area (Å²) in [7, 11) is 0. The lowest BCUT2D eigenvalue weighted by Crippen LogP contribution is -2.58. The summed E-state index contributed by atoms with van der Waals surface area (Å²) in [6, 6.07) is 7.37. The Balaban J connectivity index is 1.91.